The van der Waals surface area contributed by atoms with Gasteiger partial charge in [-0.25, -0.2) is 0 Å². The van der Waals surface area contributed by atoms with Crippen LogP contribution in [-0.2, 0) is 14.3 Å². The summed E-state index contributed by atoms with van der Waals surface area (Å²) >= 11 is 0. The van der Waals surface area contributed by atoms with Gasteiger partial charge >= 0.3 is 0 Å². The molecule has 2 saturated carbocycles. The highest BCUT2D eigenvalue weighted by Gasteiger charge is 2.34. The van der Waals surface area contributed by atoms with E-state index in [1.165, 1.54) is 0 Å². The van der Waals surface area contributed by atoms with Crippen LogP contribution in [0.5, 0.6) is 0 Å². The monoisotopic (exact) mass is 266 g/mol. The van der Waals surface area contributed by atoms with Gasteiger partial charge in [0.15, 0.2) is 0 Å². The molecule has 2 rings (SSSR count). The van der Waals surface area contributed by atoms with Gasteiger partial charge in [-0.05, 0) is 23.7 Å². The largest absolute Gasteiger partial charge is 0.381 e. The molecule has 3 nitrogen and oxygen atoms in total. The second-order valence-electron chi connectivity index (χ2n) is 6.29. The van der Waals surface area contributed by atoms with E-state index in [1.54, 1.807) is 0 Å². The predicted molar refractivity (Wildman–Crippen MR) is 73.8 cm³/mol. The normalized spacial score (nSPS) is 23.9. The molecule has 0 amide bonds. The molecule has 2 unspecified atom stereocenters. The summed E-state index contributed by atoms with van der Waals surface area (Å²) < 4.78 is 5.90. The number of ether oxygens (including phenoxy) is 1. The third kappa shape index (κ3) is 3.65. The lowest BCUT2D eigenvalue weighted by atomic mass is 9.73. The van der Waals surface area contributed by atoms with E-state index in [-0.39, 0.29) is 0 Å². The Balaban J connectivity index is 1.66. The van der Waals surface area contributed by atoms with E-state index in [9.17, 15) is 9.59 Å². The van der Waals surface area contributed by atoms with Crippen LogP contribution in [-0.4, -0.2) is 24.8 Å². The third-order valence-electron chi connectivity index (χ3n) is 5.01. The molecule has 0 aromatic heterocycles. The SMILES string of the molecule is CCC(COCC(CC)C1CC(=O)C1)C1CC(=O)C1. The number of ketones is 2. The minimum atomic E-state index is 0.405. The standard InChI is InChI=1S/C16H26O3/c1-3-11(13-5-15(17)6-13)9-19-10-12(4-2)14-7-16(18)8-14/h11-14H,3-10H2,1-2H3. The molecule has 0 radical (unpaired) electrons. The van der Waals surface area contributed by atoms with E-state index in [0.717, 1.165) is 51.7 Å². The molecule has 0 saturated heterocycles. The Kier molecular flexibility index (Phi) is 5.14. The van der Waals surface area contributed by atoms with Gasteiger partial charge in [-0.1, -0.05) is 26.7 Å². The van der Waals surface area contributed by atoms with Crippen LogP contribution in [0.3, 0.4) is 0 Å². The van der Waals surface area contributed by atoms with Crippen LogP contribution < -0.4 is 0 Å². The molecule has 0 N–H and O–H groups in total. The summed E-state index contributed by atoms with van der Waals surface area (Å²) in [5.74, 6) is 3.01. The molecule has 3 heteroatoms. The Bertz CT molecular complexity index is 289. The molecule has 19 heavy (non-hydrogen) atoms. The zero-order valence-electron chi connectivity index (χ0n) is 12.2. The fourth-order valence-electron chi connectivity index (χ4n) is 3.26. The summed E-state index contributed by atoms with van der Waals surface area (Å²) in [6.07, 6.45) is 5.23. The third-order valence-corrected chi connectivity index (χ3v) is 5.01. The topological polar surface area (TPSA) is 43.4 Å². The smallest absolute Gasteiger partial charge is 0.133 e. The van der Waals surface area contributed by atoms with Gasteiger partial charge in [-0.2, -0.15) is 0 Å². The number of hydrogen-bond donors (Lipinski definition) is 0. The number of rotatable bonds is 8. The summed E-state index contributed by atoms with van der Waals surface area (Å²) in [7, 11) is 0. The van der Waals surface area contributed by atoms with Gasteiger partial charge < -0.3 is 4.74 Å². The molecule has 0 aromatic carbocycles. The summed E-state index contributed by atoms with van der Waals surface area (Å²) in [5, 5.41) is 0. The Hall–Kier alpha value is -0.700. The number of carbonyl (C=O) groups is 2. The first-order chi connectivity index (χ1) is 9.13. The van der Waals surface area contributed by atoms with Crippen molar-refractivity contribution < 1.29 is 14.3 Å². The van der Waals surface area contributed by atoms with Gasteiger partial charge in [-0.3, -0.25) is 9.59 Å². The maximum absolute atomic E-state index is 11.1. The molecule has 108 valence electrons. The van der Waals surface area contributed by atoms with Crippen molar-refractivity contribution in [3.63, 3.8) is 0 Å². The van der Waals surface area contributed by atoms with Gasteiger partial charge in [0.05, 0.1) is 0 Å². The van der Waals surface area contributed by atoms with Crippen LogP contribution in [0.2, 0.25) is 0 Å². The Labute approximate surface area is 116 Å². The second-order valence-corrected chi connectivity index (χ2v) is 6.29. The molecule has 0 heterocycles. The highest BCUT2D eigenvalue weighted by Crippen LogP contribution is 2.34. The number of hydrogen-bond acceptors (Lipinski definition) is 3. The van der Waals surface area contributed by atoms with Crippen molar-refractivity contribution in [2.75, 3.05) is 13.2 Å². The molecular formula is C16H26O3. The fourth-order valence-corrected chi connectivity index (χ4v) is 3.26. The lowest BCUT2D eigenvalue weighted by Crippen LogP contribution is -2.35. The summed E-state index contributed by atoms with van der Waals surface area (Å²) in [5.41, 5.74) is 0. The first-order valence-corrected chi connectivity index (χ1v) is 7.75. The van der Waals surface area contributed by atoms with E-state index in [4.69, 9.17) is 4.74 Å². The first kappa shape index (κ1) is 14.7. The van der Waals surface area contributed by atoms with Crippen LogP contribution in [0.15, 0.2) is 0 Å². The van der Waals surface area contributed by atoms with Crippen molar-refractivity contribution in [2.24, 2.45) is 23.7 Å². The quantitative estimate of drug-likeness (QED) is 0.678. The van der Waals surface area contributed by atoms with E-state index < -0.39 is 0 Å². The molecule has 0 aromatic rings. The zero-order valence-corrected chi connectivity index (χ0v) is 12.2. The van der Waals surface area contributed by atoms with Gasteiger partial charge in [0.2, 0.25) is 0 Å². The molecule has 2 atom stereocenters. The molecule has 0 bridgehead atoms. The molecule has 2 aliphatic rings. The van der Waals surface area contributed by atoms with Crippen LogP contribution in [0, 0.1) is 23.7 Å². The minimum absolute atomic E-state index is 0.405. The van der Waals surface area contributed by atoms with Crippen LogP contribution in [0.25, 0.3) is 0 Å². The Morgan fingerprint density at radius 2 is 1.26 bits per heavy atom. The fraction of sp³-hybridized carbons (Fsp3) is 0.875. The lowest BCUT2D eigenvalue weighted by molar-refractivity contribution is -0.129. The summed E-state index contributed by atoms with van der Waals surface area (Å²) in [6, 6.07) is 0. The average molecular weight is 266 g/mol. The van der Waals surface area contributed by atoms with Crippen molar-refractivity contribution >= 4 is 11.6 Å². The zero-order chi connectivity index (χ0) is 13.8. The van der Waals surface area contributed by atoms with Crippen molar-refractivity contribution in [3.05, 3.63) is 0 Å². The van der Waals surface area contributed by atoms with Crippen molar-refractivity contribution in [3.8, 4) is 0 Å². The Morgan fingerprint density at radius 3 is 1.53 bits per heavy atom. The summed E-state index contributed by atoms with van der Waals surface area (Å²) in [6.45, 7) is 5.93. The molecule has 0 aliphatic heterocycles. The van der Waals surface area contributed by atoms with Crippen LogP contribution >= 0.6 is 0 Å². The van der Waals surface area contributed by atoms with E-state index in [1.807, 2.05) is 0 Å². The molecule has 0 spiro atoms. The minimum Gasteiger partial charge on any atom is -0.381 e. The average Bonchev–Trinajstić information content (AvgIpc) is 2.33. The maximum Gasteiger partial charge on any atom is 0.133 e. The molecular weight excluding hydrogens is 240 g/mol. The maximum atomic E-state index is 11.1. The highest BCUT2D eigenvalue weighted by atomic mass is 16.5. The van der Waals surface area contributed by atoms with Crippen LogP contribution in [0.1, 0.15) is 52.4 Å². The number of carbonyl (C=O) groups excluding carboxylic acids is 2. The van der Waals surface area contributed by atoms with Crippen molar-refractivity contribution in [1.29, 1.82) is 0 Å². The van der Waals surface area contributed by atoms with E-state index >= 15 is 0 Å². The predicted octanol–water partition coefficient (Wildman–Crippen LogP) is 3.01. The Morgan fingerprint density at radius 1 is 0.895 bits per heavy atom. The highest BCUT2D eigenvalue weighted by molar-refractivity contribution is 5.84. The molecule has 2 fully saturated rings. The van der Waals surface area contributed by atoms with Gasteiger partial charge in [0, 0.05) is 38.9 Å². The first-order valence-electron chi connectivity index (χ1n) is 7.75. The van der Waals surface area contributed by atoms with E-state index in [0.29, 0.717) is 35.2 Å². The second kappa shape index (κ2) is 6.65. The lowest BCUT2D eigenvalue weighted by Gasteiger charge is -2.34. The summed E-state index contributed by atoms with van der Waals surface area (Å²) in [4.78, 5) is 22.1. The van der Waals surface area contributed by atoms with E-state index in [2.05, 4.69) is 13.8 Å². The van der Waals surface area contributed by atoms with Gasteiger partial charge in [-0.15, -0.1) is 0 Å². The van der Waals surface area contributed by atoms with Crippen LogP contribution in [0.4, 0.5) is 0 Å². The van der Waals surface area contributed by atoms with Gasteiger partial charge in [0.1, 0.15) is 11.6 Å². The molecule has 2 aliphatic carbocycles. The number of Topliss-reactive ketones (excluding diaryl/α,β-unsaturated/α-hetero) is 2. The van der Waals surface area contributed by atoms with Crippen molar-refractivity contribution in [2.45, 2.75) is 52.4 Å². The van der Waals surface area contributed by atoms with Crippen molar-refractivity contribution in [1.82, 2.24) is 0 Å². The van der Waals surface area contributed by atoms with Gasteiger partial charge in [0.25, 0.3) is 0 Å².